The molecule has 0 bridgehead atoms. The second-order valence-electron chi connectivity index (χ2n) is 6.28. The van der Waals surface area contributed by atoms with Crippen molar-refractivity contribution in [3.05, 3.63) is 63.7 Å². The summed E-state index contributed by atoms with van der Waals surface area (Å²) in [6.07, 6.45) is 3.56. The fraction of sp³-hybridized carbons (Fsp3) is 0.316. The molecule has 3 rings (SSSR count). The molecule has 0 atom stereocenters. The van der Waals surface area contributed by atoms with Gasteiger partial charge in [0.25, 0.3) is 11.6 Å². The highest BCUT2D eigenvalue weighted by molar-refractivity contribution is 6.06. The van der Waals surface area contributed by atoms with E-state index in [1.165, 1.54) is 30.7 Å². The van der Waals surface area contributed by atoms with Crippen LogP contribution in [0.3, 0.4) is 0 Å². The van der Waals surface area contributed by atoms with Crippen LogP contribution in [0, 0.1) is 17.0 Å². The van der Waals surface area contributed by atoms with E-state index in [9.17, 15) is 14.9 Å². The molecule has 0 spiro atoms. The van der Waals surface area contributed by atoms with Crippen LogP contribution < -0.4 is 10.2 Å². The third kappa shape index (κ3) is 3.79. The Morgan fingerprint density at radius 3 is 2.40 bits per heavy atom. The Balaban J connectivity index is 1.83. The van der Waals surface area contributed by atoms with E-state index < -0.39 is 4.92 Å². The van der Waals surface area contributed by atoms with Gasteiger partial charge in [-0.25, -0.2) is 0 Å². The summed E-state index contributed by atoms with van der Waals surface area (Å²) in [7, 11) is 0. The molecule has 0 radical (unpaired) electrons. The van der Waals surface area contributed by atoms with Gasteiger partial charge in [-0.2, -0.15) is 0 Å². The van der Waals surface area contributed by atoms with Crippen molar-refractivity contribution in [3.8, 4) is 0 Å². The number of amides is 1. The number of para-hydroxylation sites is 1. The molecule has 0 aromatic heterocycles. The molecule has 1 heterocycles. The van der Waals surface area contributed by atoms with E-state index in [0.717, 1.165) is 42.9 Å². The van der Waals surface area contributed by atoms with Gasteiger partial charge >= 0.3 is 0 Å². The first-order valence-electron chi connectivity index (χ1n) is 8.46. The maximum atomic E-state index is 12.5. The number of nitrogens with one attached hydrogen (secondary N) is 1. The summed E-state index contributed by atoms with van der Waals surface area (Å²) in [5.74, 6) is -0.265. The number of rotatable bonds is 4. The number of hydrogen-bond donors (Lipinski definition) is 1. The number of nitro benzene ring substituents is 1. The minimum Gasteiger partial charge on any atom is -0.370 e. The zero-order valence-corrected chi connectivity index (χ0v) is 14.2. The Morgan fingerprint density at radius 2 is 1.76 bits per heavy atom. The van der Waals surface area contributed by atoms with Crippen LogP contribution in [0.5, 0.6) is 0 Å². The first-order chi connectivity index (χ1) is 12.1. The number of nitro groups is 1. The van der Waals surface area contributed by atoms with Gasteiger partial charge in [0.05, 0.1) is 16.3 Å². The molecular weight excluding hydrogens is 318 g/mol. The third-order valence-electron chi connectivity index (χ3n) is 4.50. The second-order valence-corrected chi connectivity index (χ2v) is 6.28. The Bertz CT molecular complexity index is 781. The third-order valence-corrected chi connectivity index (χ3v) is 4.50. The molecule has 130 valence electrons. The van der Waals surface area contributed by atoms with Crippen molar-refractivity contribution >= 4 is 23.0 Å². The van der Waals surface area contributed by atoms with E-state index in [1.54, 1.807) is 0 Å². The van der Waals surface area contributed by atoms with Crippen LogP contribution >= 0.6 is 0 Å². The average molecular weight is 339 g/mol. The lowest BCUT2D eigenvalue weighted by Gasteiger charge is -2.32. The molecule has 25 heavy (non-hydrogen) atoms. The van der Waals surface area contributed by atoms with Gasteiger partial charge in [-0.1, -0.05) is 12.1 Å². The maximum absolute atomic E-state index is 12.5. The van der Waals surface area contributed by atoms with Crippen molar-refractivity contribution in [1.82, 2.24) is 0 Å². The normalized spacial score (nSPS) is 14.2. The summed E-state index contributed by atoms with van der Waals surface area (Å²) < 4.78 is 0. The lowest BCUT2D eigenvalue weighted by Crippen LogP contribution is -2.31. The van der Waals surface area contributed by atoms with Crippen LogP contribution in [0.2, 0.25) is 0 Å². The summed E-state index contributed by atoms with van der Waals surface area (Å²) in [4.78, 5) is 25.1. The van der Waals surface area contributed by atoms with Crippen LogP contribution in [-0.2, 0) is 0 Å². The topological polar surface area (TPSA) is 75.5 Å². The number of anilines is 2. The molecule has 1 amide bonds. The summed E-state index contributed by atoms with van der Waals surface area (Å²) in [6, 6.07) is 11.5. The highest BCUT2D eigenvalue weighted by Crippen LogP contribution is 2.32. The highest BCUT2D eigenvalue weighted by Gasteiger charge is 2.18. The molecule has 1 aliphatic rings. The SMILES string of the molecule is Cc1cccc(NC(=O)c2ccc([N+](=O)[O-])cc2)c1N1CCCCC1. The molecule has 6 nitrogen and oxygen atoms in total. The molecule has 1 saturated heterocycles. The molecule has 1 fully saturated rings. The van der Waals surface area contributed by atoms with Crippen molar-refractivity contribution in [2.24, 2.45) is 0 Å². The van der Waals surface area contributed by atoms with Crippen LogP contribution in [0.1, 0.15) is 35.2 Å². The highest BCUT2D eigenvalue weighted by atomic mass is 16.6. The number of piperidine rings is 1. The zero-order chi connectivity index (χ0) is 17.8. The van der Waals surface area contributed by atoms with Gasteiger partial charge in [-0.05, 0) is 49.9 Å². The first kappa shape index (κ1) is 17.0. The van der Waals surface area contributed by atoms with Crippen molar-refractivity contribution in [2.75, 3.05) is 23.3 Å². The van der Waals surface area contributed by atoms with Gasteiger partial charge in [-0.3, -0.25) is 14.9 Å². The van der Waals surface area contributed by atoms with Crippen molar-refractivity contribution in [1.29, 1.82) is 0 Å². The van der Waals surface area contributed by atoms with Gasteiger partial charge in [0.1, 0.15) is 0 Å². The Morgan fingerprint density at radius 1 is 1.08 bits per heavy atom. The van der Waals surface area contributed by atoms with Crippen LogP contribution in [-0.4, -0.2) is 23.9 Å². The summed E-state index contributed by atoms with van der Waals surface area (Å²) in [5.41, 5.74) is 3.35. The van der Waals surface area contributed by atoms with Crippen molar-refractivity contribution < 1.29 is 9.72 Å². The van der Waals surface area contributed by atoms with E-state index in [-0.39, 0.29) is 11.6 Å². The lowest BCUT2D eigenvalue weighted by atomic mass is 10.1. The molecule has 0 aliphatic carbocycles. The number of aryl methyl sites for hydroxylation is 1. The molecule has 1 aliphatic heterocycles. The van der Waals surface area contributed by atoms with E-state index in [2.05, 4.69) is 10.2 Å². The quantitative estimate of drug-likeness (QED) is 0.671. The van der Waals surface area contributed by atoms with Gasteiger partial charge in [0.2, 0.25) is 0 Å². The summed E-state index contributed by atoms with van der Waals surface area (Å²) in [6.45, 7) is 4.03. The molecule has 6 heteroatoms. The molecule has 0 saturated carbocycles. The van der Waals surface area contributed by atoms with Gasteiger partial charge in [0.15, 0.2) is 0 Å². The van der Waals surface area contributed by atoms with Gasteiger partial charge in [-0.15, -0.1) is 0 Å². The number of non-ortho nitro benzene ring substituents is 1. The van der Waals surface area contributed by atoms with E-state index in [0.29, 0.717) is 5.56 Å². The van der Waals surface area contributed by atoms with Gasteiger partial charge < -0.3 is 10.2 Å². The lowest BCUT2D eigenvalue weighted by molar-refractivity contribution is -0.384. The molecule has 2 aromatic carbocycles. The fourth-order valence-corrected chi connectivity index (χ4v) is 3.23. The van der Waals surface area contributed by atoms with Crippen molar-refractivity contribution in [3.63, 3.8) is 0 Å². The number of carbonyl (C=O) groups excluding carboxylic acids is 1. The average Bonchev–Trinajstić information content (AvgIpc) is 2.62. The Kier molecular flexibility index (Phi) is 4.97. The van der Waals surface area contributed by atoms with Gasteiger partial charge in [0, 0.05) is 30.8 Å². The molecule has 2 aromatic rings. The number of hydrogen-bond acceptors (Lipinski definition) is 4. The van der Waals surface area contributed by atoms with Crippen LogP contribution in [0.25, 0.3) is 0 Å². The predicted molar refractivity (Wildman–Crippen MR) is 98.3 cm³/mol. The second kappa shape index (κ2) is 7.34. The van der Waals surface area contributed by atoms with E-state index in [1.807, 2.05) is 25.1 Å². The standard InChI is InChI=1S/C19H21N3O3/c1-14-6-5-7-17(18(14)21-12-3-2-4-13-21)20-19(23)15-8-10-16(11-9-15)22(24)25/h5-11H,2-4,12-13H2,1H3,(H,20,23). The molecule has 1 N–H and O–H groups in total. The summed E-state index contributed by atoms with van der Waals surface area (Å²) >= 11 is 0. The monoisotopic (exact) mass is 339 g/mol. The largest absolute Gasteiger partial charge is 0.370 e. The maximum Gasteiger partial charge on any atom is 0.269 e. The van der Waals surface area contributed by atoms with Crippen LogP contribution in [0.15, 0.2) is 42.5 Å². The molecule has 0 unspecified atom stereocenters. The zero-order valence-electron chi connectivity index (χ0n) is 14.2. The first-order valence-corrected chi connectivity index (χ1v) is 8.46. The Labute approximate surface area is 146 Å². The van der Waals surface area contributed by atoms with Crippen LogP contribution in [0.4, 0.5) is 17.1 Å². The fourth-order valence-electron chi connectivity index (χ4n) is 3.23. The number of benzene rings is 2. The molecular formula is C19H21N3O3. The Hall–Kier alpha value is -2.89. The summed E-state index contributed by atoms with van der Waals surface area (Å²) in [5, 5.41) is 13.7. The van der Waals surface area contributed by atoms with E-state index >= 15 is 0 Å². The van der Waals surface area contributed by atoms with Crippen molar-refractivity contribution in [2.45, 2.75) is 26.2 Å². The minimum atomic E-state index is -0.475. The minimum absolute atomic E-state index is 0.0267. The predicted octanol–water partition coefficient (Wildman–Crippen LogP) is 4.15. The van der Waals surface area contributed by atoms with E-state index in [4.69, 9.17) is 0 Å². The number of carbonyl (C=O) groups is 1. The number of nitrogens with zero attached hydrogens (tertiary/aromatic N) is 2. The smallest absolute Gasteiger partial charge is 0.269 e.